The van der Waals surface area contributed by atoms with E-state index in [1.807, 2.05) is 42.5 Å². The molecule has 3 heteroatoms. The number of para-hydroxylation sites is 3. The highest BCUT2D eigenvalue weighted by Crippen LogP contribution is 2.27. The van der Waals surface area contributed by atoms with E-state index in [-0.39, 0.29) is 0 Å². The monoisotopic (exact) mass is 314 g/mol. The van der Waals surface area contributed by atoms with Crippen LogP contribution in [0, 0.1) is 0 Å². The number of benzene rings is 3. The van der Waals surface area contributed by atoms with Gasteiger partial charge in [-0.15, -0.1) is 0 Å². The second-order valence-corrected chi connectivity index (χ2v) is 5.69. The van der Waals surface area contributed by atoms with E-state index in [2.05, 4.69) is 41.0 Å². The summed E-state index contributed by atoms with van der Waals surface area (Å²) < 4.78 is 7.77. The smallest absolute Gasteiger partial charge is 0.141 e. The first kappa shape index (κ1) is 14.5. The third kappa shape index (κ3) is 2.54. The molecule has 0 unspecified atom stereocenters. The van der Waals surface area contributed by atoms with Gasteiger partial charge in [-0.3, -0.25) is 0 Å². The molecule has 0 saturated carbocycles. The maximum absolute atomic E-state index is 5.52. The van der Waals surface area contributed by atoms with E-state index >= 15 is 0 Å². The van der Waals surface area contributed by atoms with Gasteiger partial charge in [0.2, 0.25) is 0 Å². The van der Waals surface area contributed by atoms with E-state index in [0.29, 0.717) is 0 Å². The molecule has 24 heavy (non-hydrogen) atoms. The van der Waals surface area contributed by atoms with Crippen molar-refractivity contribution in [2.24, 2.45) is 0 Å². The van der Waals surface area contributed by atoms with E-state index in [0.717, 1.165) is 40.3 Å². The average molecular weight is 314 g/mol. The van der Waals surface area contributed by atoms with E-state index in [1.54, 1.807) is 7.11 Å². The van der Waals surface area contributed by atoms with Gasteiger partial charge in [-0.25, -0.2) is 4.98 Å². The number of methoxy groups -OCH3 is 1. The van der Waals surface area contributed by atoms with Crippen molar-refractivity contribution >= 4 is 11.0 Å². The number of imidazole rings is 1. The van der Waals surface area contributed by atoms with Crippen molar-refractivity contribution in [3.05, 3.63) is 84.4 Å². The quantitative estimate of drug-likeness (QED) is 0.543. The van der Waals surface area contributed by atoms with Crippen molar-refractivity contribution < 1.29 is 4.74 Å². The summed E-state index contributed by atoms with van der Waals surface area (Å²) in [6.45, 7) is 0.717. The Hall–Kier alpha value is -3.07. The van der Waals surface area contributed by atoms with Crippen molar-refractivity contribution in [3.8, 4) is 17.1 Å². The molecule has 0 N–H and O–H groups in total. The summed E-state index contributed by atoms with van der Waals surface area (Å²) in [7, 11) is 1.71. The van der Waals surface area contributed by atoms with Crippen LogP contribution in [0.2, 0.25) is 0 Å². The summed E-state index contributed by atoms with van der Waals surface area (Å²) in [5.74, 6) is 1.87. The van der Waals surface area contributed by atoms with Crippen molar-refractivity contribution in [2.75, 3.05) is 7.11 Å². The Morgan fingerprint density at radius 3 is 2.38 bits per heavy atom. The predicted molar refractivity (Wildman–Crippen MR) is 97.3 cm³/mol. The molecule has 0 radical (unpaired) electrons. The van der Waals surface area contributed by atoms with Crippen LogP contribution < -0.4 is 4.74 Å². The van der Waals surface area contributed by atoms with Crippen LogP contribution in [0.1, 0.15) is 5.56 Å². The van der Waals surface area contributed by atoms with Crippen molar-refractivity contribution in [1.82, 2.24) is 9.55 Å². The highest BCUT2D eigenvalue weighted by molar-refractivity contribution is 5.80. The zero-order valence-electron chi connectivity index (χ0n) is 13.5. The van der Waals surface area contributed by atoms with Gasteiger partial charge in [-0.05, 0) is 18.2 Å². The Morgan fingerprint density at radius 1 is 0.833 bits per heavy atom. The normalized spacial score (nSPS) is 10.9. The van der Waals surface area contributed by atoms with Crippen LogP contribution in [-0.2, 0) is 6.54 Å². The van der Waals surface area contributed by atoms with Gasteiger partial charge in [0, 0.05) is 11.1 Å². The Labute approximate surface area is 141 Å². The van der Waals surface area contributed by atoms with Crippen molar-refractivity contribution in [3.63, 3.8) is 0 Å². The molecule has 0 fully saturated rings. The van der Waals surface area contributed by atoms with Crippen LogP contribution in [0.4, 0.5) is 0 Å². The molecule has 3 aromatic carbocycles. The topological polar surface area (TPSA) is 27.1 Å². The number of hydrogen-bond acceptors (Lipinski definition) is 2. The number of aromatic nitrogens is 2. The van der Waals surface area contributed by atoms with Crippen LogP contribution >= 0.6 is 0 Å². The third-order valence-corrected chi connectivity index (χ3v) is 4.21. The third-order valence-electron chi connectivity index (χ3n) is 4.21. The molecule has 0 bridgehead atoms. The van der Waals surface area contributed by atoms with Crippen LogP contribution in [0.15, 0.2) is 78.9 Å². The van der Waals surface area contributed by atoms with Gasteiger partial charge in [0.25, 0.3) is 0 Å². The molecule has 0 aliphatic heterocycles. The first-order valence-electron chi connectivity index (χ1n) is 7.99. The Balaban J connectivity index is 1.90. The lowest BCUT2D eigenvalue weighted by Gasteiger charge is -2.12. The van der Waals surface area contributed by atoms with Crippen LogP contribution in [0.5, 0.6) is 5.75 Å². The summed E-state index contributed by atoms with van der Waals surface area (Å²) in [5, 5.41) is 0. The van der Waals surface area contributed by atoms with Crippen LogP contribution in [0.3, 0.4) is 0 Å². The summed E-state index contributed by atoms with van der Waals surface area (Å²) in [6, 6.07) is 26.7. The van der Waals surface area contributed by atoms with Gasteiger partial charge in [-0.2, -0.15) is 0 Å². The fraction of sp³-hybridized carbons (Fsp3) is 0.0952. The van der Waals surface area contributed by atoms with Crippen LogP contribution in [-0.4, -0.2) is 16.7 Å². The Bertz CT molecular complexity index is 973. The fourth-order valence-electron chi connectivity index (χ4n) is 3.05. The largest absolute Gasteiger partial charge is 0.496 e. The Kier molecular flexibility index (Phi) is 3.75. The van der Waals surface area contributed by atoms with E-state index in [4.69, 9.17) is 9.72 Å². The van der Waals surface area contributed by atoms with Gasteiger partial charge >= 0.3 is 0 Å². The van der Waals surface area contributed by atoms with Gasteiger partial charge in [0.15, 0.2) is 0 Å². The zero-order valence-corrected chi connectivity index (χ0v) is 13.5. The Morgan fingerprint density at radius 2 is 1.54 bits per heavy atom. The molecule has 0 amide bonds. The minimum atomic E-state index is 0.717. The molecular formula is C21H18N2O. The number of ether oxygens (including phenoxy) is 1. The summed E-state index contributed by atoms with van der Waals surface area (Å²) >= 11 is 0. The molecule has 118 valence electrons. The van der Waals surface area contributed by atoms with Gasteiger partial charge in [-0.1, -0.05) is 60.7 Å². The molecule has 0 spiro atoms. The molecule has 0 aliphatic carbocycles. The predicted octanol–water partition coefficient (Wildman–Crippen LogP) is 4.76. The number of rotatable bonds is 4. The average Bonchev–Trinajstić information content (AvgIpc) is 3.02. The number of nitrogens with zero attached hydrogens (tertiary/aromatic N) is 2. The lowest BCUT2D eigenvalue weighted by molar-refractivity contribution is 0.408. The highest BCUT2D eigenvalue weighted by atomic mass is 16.5. The highest BCUT2D eigenvalue weighted by Gasteiger charge is 2.14. The lowest BCUT2D eigenvalue weighted by atomic mass is 10.1. The molecular weight excluding hydrogens is 296 g/mol. The number of hydrogen-bond donors (Lipinski definition) is 0. The zero-order chi connectivity index (χ0) is 16.4. The molecule has 0 saturated heterocycles. The second kappa shape index (κ2) is 6.20. The minimum absolute atomic E-state index is 0.717. The van der Waals surface area contributed by atoms with Crippen molar-refractivity contribution in [1.29, 1.82) is 0 Å². The molecule has 3 nitrogen and oxygen atoms in total. The van der Waals surface area contributed by atoms with E-state index in [1.165, 1.54) is 0 Å². The molecule has 0 atom stereocenters. The molecule has 1 heterocycles. The second-order valence-electron chi connectivity index (χ2n) is 5.69. The van der Waals surface area contributed by atoms with Crippen LogP contribution in [0.25, 0.3) is 22.4 Å². The maximum Gasteiger partial charge on any atom is 0.141 e. The lowest BCUT2D eigenvalue weighted by Crippen LogP contribution is -2.04. The van der Waals surface area contributed by atoms with Gasteiger partial charge in [0.05, 0.1) is 24.7 Å². The van der Waals surface area contributed by atoms with Gasteiger partial charge in [0.1, 0.15) is 11.6 Å². The SMILES string of the molecule is COc1ccccc1Cn1c(-c2ccccc2)nc2ccccc21. The first-order chi connectivity index (χ1) is 11.9. The molecule has 0 aliphatic rings. The molecule has 1 aromatic heterocycles. The molecule has 4 aromatic rings. The fourth-order valence-corrected chi connectivity index (χ4v) is 3.05. The minimum Gasteiger partial charge on any atom is -0.496 e. The summed E-state index contributed by atoms with van der Waals surface area (Å²) in [6.07, 6.45) is 0. The number of fused-ring (bicyclic) bond motifs is 1. The maximum atomic E-state index is 5.52. The summed E-state index contributed by atoms with van der Waals surface area (Å²) in [4.78, 5) is 4.86. The molecule has 4 rings (SSSR count). The van der Waals surface area contributed by atoms with Gasteiger partial charge < -0.3 is 9.30 Å². The van der Waals surface area contributed by atoms with E-state index in [9.17, 15) is 0 Å². The van der Waals surface area contributed by atoms with E-state index < -0.39 is 0 Å². The summed E-state index contributed by atoms with van der Waals surface area (Å²) in [5.41, 5.74) is 4.39. The standard InChI is InChI=1S/C21H18N2O/c1-24-20-14-8-5-11-17(20)15-23-19-13-7-6-12-18(19)22-21(23)16-9-3-2-4-10-16/h2-14H,15H2,1H3. The first-order valence-corrected chi connectivity index (χ1v) is 7.99. The van der Waals surface area contributed by atoms with Crippen molar-refractivity contribution in [2.45, 2.75) is 6.54 Å².